The normalized spacial score (nSPS) is 19.8. The summed E-state index contributed by atoms with van der Waals surface area (Å²) in [6.07, 6.45) is 0.281. The van der Waals surface area contributed by atoms with Gasteiger partial charge in [0.15, 0.2) is 0 Å². The molecule has 0 aromatic heterocycles. The van der Waals surface area contributed by atoms with Gasteiger partial charge >= 0.3 is 0 Å². The van der Waals surface area contributed by atoms with Crippen LogP contribution < -0.4 is 9.64 Å². The first kappa shape index (κ1) is 10.3. The fraction of sp³-hybridized carbons (Fsp3) is 0.538. The number of hydrogen-bond acceptors (Lipinski definition) is 2. The van der Waals surface area contributed by atoms with Crippen LogP contribution in [-0.4, -0.2) is 19.7 Å². The molecule has 0 N–H and O–H groups in total. The first-order valence-corrected chi connectivity index (χ1v) is 5.49. The molecule has 1 unspecified atom stereocenters. The molecule has 82 valence electrons. The lowest BCUT2D eigenvalue weighted by Gasteiger charge is -2.35. The number of anilines is 1. The second-order valence-electron chi connectivity index (χ2n) is 4.62. The zero-order valence-electron chi connectivity index (χ0n) is 10.2. The number of benzene rings is 1. The predicted molar refractivity (Wildman–Crippen MR) is 64.0 cm³/mol. The molecule has 2 heteroatoms. The highest BCUT2D eigenvalue weighted by molar-refractivity contribution is 5.69. The van der Waals surface area contributed by atoms with E-state index < -0.39 is 0 Å². The maximum atomic E-state index is 5.93. The van der Waals surface area contributed by atoms with E-state index in [1.165, 1.54) is 22.4 Å². The number of likely N-dealkylation sites (N-methyl/N-ethyl adjacent to an activating group) is 1. The van der Waals surface area contributed by atoms with Crippen molar-refractivity contribution in [1.82, 2.24) is 0 Å². The van der Waals surface area contributed by atoms with Gasteiger partial charge in [0, 0.05) is 7.05 Å². The summed E-state index contributed by atoms with van der Waals surface area (Å²) in [4.78, 5) is 2.30. The number of nitrogens with zero attached hydrogens (tertiary/aromatic N) is 1. The minimum Gasteiger partial charge on any atom is -0.486 e. The summed E-state index contributed by atoms with van der Waals surface area (Å²) in [5.74, 6) is 1.07. The Balaban J connectivity index is 2.63. The highest BCUT2D eigenvalue weighted by Gasteiger charge is 2.24. The van der Waals surface area contributed by atoms with Gasteiger partial charge in [0.05, 0.1) is 12.2 Å². The van der Waals surface area contributed by atoms with Crippen molar-refractivity contribution in [2.75, 3.05) is 18.5 Å². The molecule has 0 radical (unpaired) electrons. The Bertz CT molecular complexity index is 398. The molecule has 0 fully saturated rings. The van der Waals surface area contributed by atoms with Crippen molar-refractivity contribution in [3.63, 3.8) is 0 Å². The van der Waals surface area contributed by atoms with Gasteiger partial charge in [0.1, 0.15) is 11.9 Å². The highest BCUT2D eigenvalue weighted by Crippen LogP contribution is 2.39. The third-order valence-corrected chi connectivity index (χ3v) is 3.18. The Morgan fingerprint density at radius 3 is 2.60 bits per heavy atom. The molecule has 0 saturated carbocycles. The Morgan fingerprint density at radius 1 is 1.27 bits per heavy atom. The zero-order chi connectivity index (χ0) is 11.2. The average molecular weight is 205 g/mol. The summed E-state index contributed by atoms with van der Waals surface area (Å²) in [7, 11) is 2.14. The minimum atomic E-state index is 0.281. The monoisotopic (exact) mass is 205 g/mol. The third kappa shape index (κ3) is 1.58. The summed E-state index contributed by atoms with van der Waals surface area (Å²) >= 11 is 0. The molecule has 1 aromatic carbocycles. The molecule has 1 atom stereocenters. The van der Waals surface area contributed by atoms with Gasteiger partial charge in [-0.1, -0.05) is 6.07 Å². The van der Waals surface area contributed by atoms with Gasteiger partial charge in [-0.05, 0) is 44.4 Å². The van der Waals surface area contributed by atoms with Gasteiger partial charge in [-0.2, -0.15) is 0 Å². The molecule has 2 nitrogen and oxygen atoms in total. The van der Waals surface area contributed by atoms with Crippen LogP contribution in [0.3, 0.4) is 0 Å². The first-order valence-electron chi connectivity index (χ1n) is 5.49. The molecule has 0 aliphatic carbocycles. The third-order valence-electron chi connectivity index (χ3n) is 3.18. The summed E-state index contributed by atoms with van der Waals surface area (Å²) < 4.78 is 5.93. The van der Waals surface area contributed by atoms with Gasteiger partial charge in [0.2, 0.25) is 0 Å². The van der Waals surface area contributed by atoms with E-state index in [1.807, 2.05) is 0 Å². The van der Waals surface area contributed by atoms with Crippen molar-refractivity contribution in [3.05, 3.63) is 22.8 Å². The van der Waals surface area contributed by atoms with Crippen LogP contribution in [0.15, 0.2) is 6.07 Å². The molecule has 1 heterocycles. The van der Waals surface area contributed by atoms with Crippen molar-refractivity contribution in [1.29, 1.82) is 0 Å². The van der Waals surface area contributed by atoms with E-state index >= 15 is 0 Å². The second kappa shape index (κ2) is 3.44. The second-order valence-corrected chi connectivity index (χ2v) is 4.62. The maximum Gasteiger partial charge on any atom is 0.146 e. The molecule has 1 aromatic rings. The van der Waals surface area contributed by atoms with Gasteiger partial charge < -0.3 is 9.64 Å². The van der Waals surface area contributed by atoms with Crippen LogP contribution in [0.4, 0.5) is 5.69 Å². The van der Waals surface area contributed by atoms with Crippen molar-refractivity contribution in [3.8, 4) is 5.75 Å². The summed E-state index contributed by atoms with van der Waals surface area (Å²) in [5, 5.41) is 0. The van der Waals surface area contributed by atoms with Crippen molar-refractivity contribution in [2.24, 2.45) is 0 Å². The summed E-state index contributed by atoms with van der Waals surface area (Å²) in [6, 6.07) is 2.21. The highest BCUT2D eigenvalue weighted by atomic mass is 16.5. The largest absolute Gasteiger partial charge is 0.486 e. The van der Waals surface area contributed by atoms with Crippen LogP contribution in [0.2, 0.25) is 0 Å². The molecule has 15 heavy (non-hydrogen) atoms. The van der Waals surface area contributed by atoms with Crippen LogP contribution in [0.1, 0.15) is 23.6 Å². The summed E-state index contributed by atoms with van der Waals surface area (Å²) in [6.45, 7) is 9.54. The first-order chi connectivity index (χ1) is 7.00. The fourth-order valence-electron chi connectivity index (χ4n) is 2.37. The van der Waals surface area contributed by atoms with Crippen molar-refractivity contribution >= 4 is 5.69 Å². The lowest BCUT2D eigenvalue weighted by molar-refractivity contribution is 0.213. The molecule has 2 rings (SSSR count). The number of fused-ring (bicyclic) bond motifs is 1. The van der Waals surface area contributed by atoms with E-state index in [4.69, 9.17) is 4.74 Å². The number of hydrogen-bond donors (Lipinski definition) is 0. The van der Waals surface area contributed by atoms with E-state index in [9.17, 15) is 0 Å². The molecule has 0 bridgehead atoms. The Morgan fingerprint density at radius 2 is 1.93 bits per heavy atom. The van der Waals surface area contributed by atoms with Crippen LogP contribution in [0, 0.1) is 20.8 Å². The number of aryl methyl sites for hydroxylation is 2. The van der Waals surface area contributed by atoms with E-state index in [1.54, 1.807) is 0 Å². The smallest absolute Gasteiger partial charge is 0.146 e. The SMILES string of the molecule is Cc1cc(C)c2c(c1C)N(C)CC(C)O2. The standard InChI is InChI=1S/C13H19NO/c1-8-6-9(2)13-12(11(8)4)14(5)7-10(3)15-13/h6,10H,7H2,1-5H3. The molecule has 1 aliphatic rings. The Hall–Kier alpha value is -1.18. The molecule has 0 saturated heterocycles. The van der Waals surface area contributed by atoms with E-state index in [2.05, 4.69) is 45.7 Å². The number of ether oxygens (including phenoxy) is 1. The Kier molecular flexibility index (Phi) is 2.37. The Labute approximate surface area is 91.9 Å². The van der Waals surface area contributed by atoms with E-state index in [0.29, 0.717) is 0 Å². The molecular formula is C13H19NO. The topological polar surface area (TPSA) is 12.5 Å². The fourth-order valence-corrected chi connectivity index (χ4v) is 2.37. The molecule has 0 amide bonds. The van der Waals surface area contributed by atoms with Gasteiger partial charge in [-0.25, -0.2) is 0 Å². The predicted octanol–water partition coefficient (Wildman–Crippen LogP) is 2.83. The zero-order valence-corrected chi connectivity index (χ0v) is 10.2. The van der Waals surface area contributed by atoms with Gasteiger partial charge in [0.25, 0.3) is 0 Å². The molecule has 0 spiro atoms. The average Bonchev–Trinajstić information content (AvgIpc) is 2.13. The van der Waals surface area contributed by atoms with Crippen LogP contribution in [0.5, 0.6) is 5.75 Å². The van der Waals surface area contributed by atoms with Crippen LogP contribution >= 0.6 is 0 Å². The molecular weight excluding hydrogens is 186 g/mol. The quantitative estimate of drug-likeness (QED) is 0.645. The minimum absolute atomic E-state index is 0.281. The van der Waals surface area contributed by atoms with Crippen molar-refractivity contribution < 1.29 is 4.74 Å². The number of rotatable bonds is 0. The van der Waals surface area contributed by atoms with Crippen LogP contribution in [0.25, 0.3) is 0 Å². The summed E-state index contributed by atoms with van der Waals surface area (Å²) in [5.41, 5.74) is 5.19. The lowest BCUT2D eigenvalue weighted by Crippen LogP contribution is -2.36. The van der Waals surface area contributed by atoms with Crippen molar-refractivity contribution in [2.45, 2.75) is 33.8 Å². The van der Waals surface area contributed by atoms with E-state index in [0.717, 1.165) is 12.3 Å². The van der Waals surface area contributed by atoms with Gasteiger partial charge in [-0.15, -0.1) is 0 Å². The molecule has 1 aliphatic heterocycles. The van der Waals surface area contributed by atoms with E-state index in [-0.39, 0.29) is 6.10 Å². The van der Waals surface area contributed by atoms with Crippen LogP contribution in [-0.2, 0) is 0 Å². The maximum absolute atomic E-state index is 5.93. The van der Waals surface area contributed by atoms with Gasteiger partial charge in [-0.3, -0.25) is 0 Å². The lowest BCUT2D eigenvalue weighted by atomic mass is 10.0.